The van der Waals surface area contributed by atoms with E-state index in [0.29, 0.717) is 29.4 Å². The first-order chi connectivity index (χ1) is 13.7. The third-order valence-electron chi connectivity index (χ3n) is 5.48. The molecule has 0 N–H and O–H groups in total. The Hall–Kier alpha value is -2.68. The van der Waals surface area contributed by atoms with Gasteiger partial charge in [0.25, 0.3) is 0 Å². The minimum atomic E-state index is -0.584. The van der Waals surface area contributed by atoms with Gasteiger partial charge in [-0.15, -0.1) is 0 Å². The van der Waals surface area contributed by atoms with Crippen molar-refractivity contribution in [2.45, 2.75) is 44.6 Å². The van der Waals surface area contributed by atoms with E-state index >= 15 is 0 Å². The lowest BCUT2D eigenvalue weighted by molar-refractivity contribution is 0.305. The van der Waals surface area contributed by atoms with Gasteiger partial charge in [0.2, 0.25) is 0 Å². The van der Waals surface area contributed by atoms with Crippen LogP contribution in [0.2, 0.25) is 0 Å². The summed E-state index contributed by atoms with van der Waals surface area (Å²) in [6, 6.07) is 20.5. The zero-order valence-corrected chi connectivity index (χ0v) is 15.8. The van der Waals surface area contributed by atoms with Gasteiger partial charge in [0.1, 0.15) is 24.0 Å². The van der Waals surface area contributed by atoms with Gasteiger partial charge in [-0.05, 0) is 59.7 Å². The number of benzene rings is 3. The molecule has 3 heteroatoms. The maximum Gasteiger partial charge on any atom is 0.133 e. The Bertz CT molecular complexity index is 910. The number of halogens is 2. The van der Waals surface area contributed by atoms with Gasteiger partial charge in [-0.2, -0.15) is 0 Å². The highest BCUT2D eigenvalue weighted by Gasteiger charge is 2.15. The fourth-order valence-electron chi connectivity index (χ4n) is 3.87. The van der Waals surface area contributed by atoms with Crippen molar-refractivity contribution < 1.29 is 13.5 Å². The first kappa shape index (κ1) is 18.7. The Morgan fingerprint density at radius 2 is 1.68 bits per heavy atom. The van der Waals surface area contributed by atoms with Gasteiger partial charge in [-0.3, -0.25) is 0 Å². The van der Waals surface area contributed by atoms with Crippen LogP contribution in [0.15, 0.2) is 60.7 Å². The van der Waals surface area contributed by atoms with Crippen LogP contribution in [-0.2, 0) is 6.61 Å². The van der Waals surface area contributed by atoms with E-state index in [1.54, 1.807) is 18.2 Å². The summed E-state index contributed by atoms with van der Waals surface area (Å²) in [6.45, 7) is 0.464. The molecule has 0 amide bonds. The molecule has 28 heavy (non-hydrogen) atoms. The summed E-state index contributed by atoms with van der Waals surface area (Å²) in [5, 5.41) is 0. The summed E-state index contributed by atoms with van der Waals surface area (Å²) in [5.41, 5.74) is 3.53. The average molecular weight is 377 g/mol. The molecule has 0 heterocycles. The van der Waals surface area contributed by atoms with E-state index in [9.17, 15) is 8.78 Å². The zero-order valence-electron chi connectivity index (χ0n) is 15.8. The molecule has 3 aromatic carbocycles. The Morgan fingerprint density at radius 1 is 0.893 bits per heavy atom. The molecule has 3 aromatic rings. The maximum absolute atomic E-state index is 13.9. The number of rotatable bonds is 5. The van der Waals surface area contributed by atoms with Crippen LogP contribution in [0.5, 0.6) is 5.75 Å². The predicted molar refractivity (Wildman–Crippen MR) is 107 cm³/mol. The molecule has 0 unspecified atom stereocenters. The van der Waals surface area contributed by atoms with Gasteiger partial charge in [0.15, 0.2) is 0 Å². The van der Waals surface area contributed by atoms with Gasteiger partial charge >= 0.3 is 0 Å². The summed E-state index contributed by atoms with van der Waals surface area (Å²) >= 11 is 0. The topological polar surface area (TPSA) is 9.23 Å². The minimum Gasteiger partial charge on any atom is -0.488 e. The number of hydrogen-bond acceptors (Lipinski definition) is 1. The van der Waals surface area contributed by atoms with Gasteiger partial charge < -0.3 is 4.74 Å². The standard InChI is InChI=1S/C25H23F2O/c26-22-12-15-24(25(27)16-22)21-10-13-23(14-11-21)28-17-18-6-8-20(9-7-18)19-4-2-1-3-5-19/h6-13,15-16,19H,1-5,17H2. The van der Waals surface area contributed by atoms with Gasteiger partial charge in [-0.1, -0.05) is 49.6 Å². The zero-order chi connectivity index (χ0) is 19.3. The summed E-state index contributed by atoms with van der Waals surface area (Å²) in [7, 11) is 0. The van der Waals surface area contributed by atoms with Gasteiger partial charge in [0, 0.05) is 17.7 Å². The predicted octanol–water partition coefficient (Wildman–Crippen LogP) is 7.06. The molecule has 143 valence electrons. The lowest BCUT2D eigenvalue weighted by atomic mass is 9.84. The van der Waals surface area contributed by atoms with Crippen molar-refractivity contribution >= 4 is 0 Å². The van der Waals surface area contributed by atoms with Gasteiger partial charge in [0.05, 0.1) is 0 Å². The molecule has 1 saturated carbocycles. The lowest BCUT2D eigenvalue weighted by Crippen LogP contribution is -2.04. The molecule has 1 fully saturated rings. The van der Waals surface area contributed by atoms with E-state index in [4.69, 9.17) is 4.74 Å². The molecule has 4 rings (SSSR count). The monoisotopic (exact) mass is 377 g/mol. The normalized spacial score (nSPS) is 14.8. The molecule has 1 radical (unpaired) electrons. The molecule has 1 aliphatic carbocycles. The van der Waals surface area contributed by atoms with Crippen LogP contribution in [0.4, 0.5) is 8.78 Å². The highest BCUT2D eigenvalue weighted by molar-refractivity contribution is 5.64. The second-order valence-electron chi connectivity index (χ2n) is 7.43. The molecule has 1 nitrogen and oxygen atoms in total. The molecular formula is C25H23F2O. The van der Waals surface area contributed by atoms with Crippen LogP contribution in [-0.4, -0.2) is 0 Å². The summed E-state index contributed by atoms with van der Waals surface area (Å²) in [5.74, 6) is 0.138. The summed E-state index contributed by atoms with van der Waals surface area (Å²) in [6.07, 6.45) is 6.63. The van der Waals surface area contributed by atoms with Crippen molar-refractivity contribution in [3.8, 4) is 16.9 Å². The van der Waals surface area contributed by atoms with Crippen LogP contribution < -0.4 is 4.74 Å². The Balaban J connectivity index is 1.37. The highest BCUT2D eigenvalue weighted by atomic mass is 19.1. The molecule has 0 aromatic heterocycles. The Morgan fingerprint density at radius 3 is 2.36 bits per heavy atom. The lowest BCUT2D eigenvalue weighted by Gasteiger charge is -2.22. The molecule has 0 atom stereocenters. The molecule has 0 spiro atoms. The molecule has 0 aliphatic heterocycles. The fraction of sp³-hybridized carbons (Fsp3) is 0.280. The van der Waals surface area contributed by atoms with Crippen molar-refractivity contribution in [3.63, 3.8) is 0 Å². The van der Waals surface area contributed by atoms with Crippen molar-refractivity contribution in [3.05, 3.63) is 89.5 Å². The third-order valence-corrected chi connectivity index (χ3v) is 5.48. The second kappa shape index (κ2) is 8.55. The number of hydrogen-bond donors (Lipinski definition) is 0. The van der Waals surface area contributed by atoms with E-state index in [2.05, 4.69) is 30.3 Å². The second-order valence-corrected chi connectivity index (χ2v) is 7.43. The van der Waals surface area contributed by atoms with Gasteiger partial charge in [-0.25, -0.2) is 8.78 Å². The SMILES string of the molecule is Fc1ccc(-c2c[c]c(OCc3ccc(C4CCCCC4)cc3)cc2)c(F)c1. The highest BCUT2D eigenvalue weighted by Crippen LogP contribution is 2.32. The van der Waals surface area contributed by atoms with Crippen molar-refractivity contribution in [1.29, 1.82) is 0 Å². The van der Waals surface area contributed by atoms with E-state index in [1.807, 2.05) is 0 Å². The fourth-order valence-corrected chi connectivity index (χ4v) is 3.87. The largest absolute Gasteiger partial charge is 0.488 e. The van der Waals surface area contributed by atoms with Crippen molar-refractivity contribution in [2.75, 3.05) is 0 Å². The summed E-state index contributed by atoms with van der Waals surface area (Å²) < 4.78 is 32.7. The minimum absolute atomic E-state index is 0.350. The van der Waals surface area contributed by atoms with Crippen molar-refractivity contribution in [1.82, 2.24) is 0 Å². The van der Waals surface area contributed by atoms with E-state index in [1.165, 1.54) is 49.8 Å². The number of ether oxygens (including phenoxy) is 1. The van der Waals surface area contributed by atoms with Crippen LogP contribution >= 0.6 is 0 Å². The molecule has 0 bridgehead atoms. The van der Waals surface area contributed by atoms with Crippen LogP contribution in [0.25, 0.3) is 11.1 Å². The Labute approximate surface area is 165 Å². The first-order valence-electron chi connectivity index (χ1n) is 9.88. The maximum atomic E-state index is 13.9. The van der Waals surface area contributed by atoms with E-state index in [0.717, 1.165) is 11.6 Å². The smallest absolute Gasteiger partial charge is 0.133 e. The first-order valence-corrected chi connectivity index (χ1v) is 9.88. The van der Waals surface area contributed by atoms with E-state index in [-0.39, 0.29) is 0 Å². The van der Waals surface area contributed by atoms with Crippen LogP contribution in [0.1, 0.15) is 49.1 Å². The van der Waals surface area contributed by atoms with Crippen LogP contribution in [0, 0.1) is 17.7 Å². The molecule has 0 saturated heterocycles. The molecule has 1 aliphatic rings. The average Bonchev–Trinajstić information content (AvgIpc) is 2.74. The molecular weight excluding hydrogens is 354 g/mol. The third kappa shape index (κ3) is 4.41. The van der Waals surface area contributed by atoms with Crippen molar-refractivity contribution in [2.24, 2.45) is 0 Å². The van der Waals surface area contributed by atoms with E-state index < -0.39 is 11.6 Å². The summed E-state index contributed by atoms with van der Waals surface area (Å²) in [4.78, 5) is 0. The van der Waals surface area contributed by atoms with Crippen LogP contribution in [0.3, 0.4) is 0 Å². The Kier molecular flexibility index (Phi) is 5.70. The quantitative estimate of drug-likeness (QED) is 0.462.